The predicted octanol–water partition coefficient (Wildman–Crippen LogP) is 2.13. The van der Waals surface area contributed by atoms with E-state index in [4.69, 9.17) is 27.9 Å². The molecule has 0 spiro atoms. The molecule has 1 atom stereocenters. The second-order valence-electron chi connectivity index (χ2n) is 3.23. The summed E-state index contributed by atoms with van der Waals surface area (Å²) in [7, 11) is 0. The summed E-state index contributed by atoms with van der Waals surface area (Å²) in [6.07, 6.45) is 0. The molecular formula is C7H10Cl2O2. The van der Waals surface area contributed by atoms with Crippen molar-refractivity contribution in [1.29, 1.82) is 0 Å². The van der Waals surface area contributed by atoms with Gasteiger partial charge in [0.2, 0.25) is 0 Å². The summed E-state index contributed by atoms with van der Waals surface area (Å²) in [6.45, 7) is 5.55. The Morgan fingerprint density at radius 2 is 1.91 bits per heavy atom. The van der Waals surface area contributed by atoms with Crippen LogP contribution < -0.4 is 0 Å². The summed E-state index contributed by atoms with van der Waals surface area (Å²) in [5, 5.41) is 0. The maximum atomic E-state index is 10.8. The van der Waals surface area contributed by atoms with Crippen molar-refractivity contribution in [2.45, 2.75) is 30.7 Å². The molecule has 0 aromatic rings. The summed E-state index contributed by atoms with van der Waals surface area (Å²) in [5.41, 5.74) is -0.729. The molecular weight excluding hydrogens is 187 g/mol. The van der Waals surface area contributed by atoms with Gasteiger partial charge in [0, 0.05) is 0 Å². The molecule has 0 saturated carbocycles. The Hall–Kier alpha value is 0.0500. The van der Waals surface area contributed by atoms with Crippen LogP contribution in [0.4, 0.5) is 0 Å². The van der Waals surface area contributed by atoms with Gasteiger partial charge in [0.25, 0.3) is 4.33 Å². The highest BCUT2D eigenvalue weighted by Gasteiger charge is 2.66. The van der Waals surface area contributed by atoms with Gasteiger partial charge in [-0.05, 0) is 12.8 Å². The molecule has 1 heterocycles. The van der Waals surface area contributed by atoms with Crippen molar-refractivity contribution >= 4 is 29.2 Å². The van der Waals surface area contributed by atoms with E-state index in [1.54, 1.807) is 6.92 Å². The van der Waals surface area contributed by atoms with Crippen molar-refractivity contribution in [1.82, 2.24) is 0 Å². The lowest BCUT2D eigenvalue weighted by molar-refractivity contribution is -0.199. The van der Waals surface area contributed by atoms with E-state index in [0.717, 1.165) is 0 Å². The van der Waals surface area contributed by atoms with E-state index in [0.29, 0.717) is 0 Å². The lowest BCUT2D eigenvalue weighted by Gasteiger charge is -2.49. The molecule has 1 saturated heterocycles. The maximum Gasteiger partial charge on any atom is 0.347 e. The zero-order valence-electron chi connectivity index (χ0n) is 6.65. The van der Waals surface area contributed by atoms with Crippen LogP contribution in [0.3, 0.4) is 0 Å². The normalized spacial score (nSPS) is 34.9. The molecule has 0 N–H and O–H groups in total. The second-order valence-corrected chi connectivity index (χ2v) is 4.55. The number of carbonyl (C=O) groups is 1. The fourth-order valence-electron chi connectivity index (χ4n) is 0.957. The van der Waals surface area contributed by atoms with Gasteiger partial charge in [0.05, 0.1) is 0 Å². The zero-order valence-corrected chi connectivity index (χ0v) is 8.16. The number of hydrogen-bond acceptors (Lipinski definition) is 2. The lowest BCUT2D eigenvalue weighted by Crippen LogP contribution is -2.66. The number of alkyl halides is 2. The van der Waals surface area contributed by atoms with Crippen LogP contribution in [0.1, 0.15) is 20.8 Å². The standard InChI is InChI=1S/C7H10Cl2O2/c1-4(2)6(3)7(8,9)5(10)11-6/h4H,1-3H3. The van der Waals surface area contributed by atoms with E-state index < -0.39 is 15.9 Å². The van der Waals surface area contributed by atoms with Gasteiger partial charge in [0.1, 0.15) is 0 Å². The average molecular weight is 197 g/mol. The molecule has 1 fully saturated rings. The fourth-order valence-corrected chi connectivity index (χ4v) is 1.55. The Morgan fingerprint density at radius 1 is 1.45 bits per heavy atom. The highest BCUT2D eigenvalue weighted by Crippen LogP contribution is 2.50. The van der Waals surface area contributed by atoms with Crippen molar-refractivity contribution in [2.24, 2.45) is 5.92 Å². The number of halogens is 2. The van der Waals surface area contributed by atoms with Crippen LogP contribution in [0.15, 0.2) is 0 Å². The molecule has 0 aromatic carbocycles. The molecule has 0 aromatic heterocycles. The van der Waals surface area contributed by atoms with Crippen LogP contribution in [0, 0.1) is 5.92 Å². The molecule has 1 unspecified atom stereocenters. The zero-order chi connectivity index (χ0) is 8.86. The number of rotatable bonds is 1. The number of cyclic esters (lactones) is 1. The quantitative estimate of drug-likeness (QED) is 0.475. The summed E-state index contributed by atoms with van der Waals surface area (Å²) >= 11 is 11.5. The highest BCUT2D eigenvalue weighted by atomic mass is 35.5. The van der Waals surface area contributed by atoms with Crippen molar-refractivity contribution in [3.05, 3.63) is 0 Å². The lowest BCUT2D eigenvalue weighted by atomic mass is 9.84. The van der Waals surface area contributed by atoms with Gasteiger partial charge in [0.15, 0.2) is 5.60 Å². The first-order valence-electron chi connectivity index (χ1n) is 3.43. The van der Waals surface area contributed by atoms with E-state index in [-0.39, 0.29) is 5.92 Å². The molecule has 4 heteroatoms. The first-order valence-corrected chi connectivity index (χ1v) is 4.19. The first kappa shape index (κ1) is 9.14. The third kappa shape index (κ3) is 0.960. The van der Waals surface area contributed by atoms with E-state index in [2.05, 4.69) is 0 Å². The molecule has 0 bridgehead atoms. The number of esters is 1. The summed E-state index contributed by atoms with van der Waals surface area (Å²) in [6, 6.07) is 0. The Morgan fingerprint density at radius 3 is 2.00 bits per heavy atom. The van der Waals surface area contributed by atoms with E-state index >= 15 is 0 Å². The minimum atomic E-state index is -1.36. The Balaban J connectivity index is 2.87. The molecule has 1 aliphatic heterocycles. The Labute approximate surface area is 75.8 Å². The van der Waals surface area contributed by atoms with Crippen LogP contribution in [0.25, 0.3) is 0 Å². The van der Waals surface area contributed by atoms with Crippen LogP contribution in [-0.4, -0.2) is 15.9 Å². The highest BCUT2D eigenvalue weighted by molar-refractivity contribution is 6.60. The van der Waals surface area contributed by atoms with E-state index in [1.165, 1.54) is 0 Å². The summed E-state index contributed by atoms with van der Waals surface area (Å²) in [4.78, 5) is 10.8. The Kier molecular flexibility index (Phi) is 1.88. The number of ether oxygens (including phenoxy) is 1. The SMILES string of the molecule is CC(C)C1(C)OC(=O)C1(Cl)Cl. The predicted molar refractivity (Wildman–Crippen MR) is 43.8 cm³/mol. The van der Waals surface area contributed by atoms with E-state index in [1.807, 2.05) is 13.8 Å². The van der Waals surface area contributed by atoms with Gasteiger partial charge in [-0.1, -0.05) is 37.0 Å². The molecule has 11 heavy (non-hydrogen) atoms. The van der Waals surface area contributed by atoms with Gasteiger partial charge in [-0.3, -0.25) is 0 Å². The van der Waals surface area contributed by atoms with Gasteiger partial charge >= 0.3 is 5.97 Å². The van der Waals surface area contributed by atoms with Crippen molar-refractivity contribution < 1.29 is 9.53 Å². The smallest absolute Gasteiger partial charge is 0.347 e. The van der Waals surface area contributed by atoms with Gasteiger partial charge < -0.3 is 4.74 Å². The van der Waals surface area contributed by atoms with Gasteiger partial charge in [-0.15, -0.1) is 0 Å². The first-order chi connectivity index (χ1) is 4.82. The van der Waals surface area contributed by atoms with Gasteiger partial charge in [-0.25, -0.2) is 4.79 Å². The van der Waals surface area contributed by atoms with Crippen LogP contribution in [0.5, 0.6) is 0 Å². The number of hydrogen-bond donors (Lipinski definition) is 0. The van der Waals surface area contributed by atoms with Crippen molar-refractivity contribution in [3.8, 4) is 0 Å². The maximum absolute atomic E-state index is 10.8. The van der Waals surface area contributed by atoms with Crippen LogP contribution in [0.2, 0.25) is 0 Å². The number of carbonyl (C=O) groups excluding carboxylic acids is 1. The van der Waals surface area contributed by atoms with Crippen LogP contribution in [-0.2, 0) is 9.53 Å². The molecule has 1 aliphatic rings. The van der Waals surface area contributed by atoms with Crippen molar-refractivity contribution in [2.75, 3.05) is 0 Å². The monoisotopic (exact) mass is 196 g/mol. The minimum absolute atomic E-state index is 0.121. The average Bonchev–Trinajstić information content (AvgIpc) is 1.87. The van der Waals surface area contributed by atoms with Crippen molar-refractivity contribution in [3.63, 3.8) is 0 Å². The third-order valence-corrected chi connectivity index (χ3v) is 3.35. The summed E-state index contributed by atoms with van der Waals surface area (Å²) in [5.74, 6) is -0.424. The van der Waals surface area contributed by atoms with Gasteiger partial charge in [-0.2, -0.15) is 0 Å². The minimum Gasteiger partial charge on any atom is -0.453 e. The van der Waals surface area contributed by atoms with Crippen LogP contribution >= 0.6 is 23.2 Å². The molecule has 0 aliphatic carbocycles. The Bertz CT molecular complexity index is 201. The largest absolute Gasteiger partial charge is 0.453 e. The van der Waals surface area contributed by atoms with E-state index in [9.17, 15) is 4.79 Å². The fraction of sp³-hybridized carbons (Fsp3) is 0.857. The molecule has 0 amide bonds. The third-order valence-electron chi connectivity index (χ3n) is 2.29. The topological polar surface area (TPSA) is 26.3 Å². The molecule has 0 radical (unpaired) electrons. The molecule has 1 rings (SSSR count). The second kappa shape index (κ2) is 2.27. The molecule has 64 valence electrons. The molecule has 2 nitrogen and oxygen atoms in total. The summed E-state index contributed by atoms with van der Waals surface area (Å²) < 4.78 is 3.54.